The van der Waals surface area contributed by atoms with Crippen LogP contribution in [0.25, 0.3) is 0 Å². The molecule has 0 aliphatic carbocycles. The van der Waals surface area contributed by atoms with Crippen LogP contribution >= 0.6 is 23.2 Å². The highest BCUT2D eigenvalue weighted by Gasteiger charge is 2.17. The largest absolute Gasteiger partial charge is 0.243 e. The highest BCUT2D eigenvalue weighted by Crippen LogP contribution is 2.17. The summed E-state index contributed by atoms with van der Waals surface area (Å²) < 4.78 is 25.5. The molecule has 7 heteroatoms. The Hall–Kier alpha value is -0.620. The van der Waals surface area contributed by atoms with Gasteiger partial charge >= 0.3 is 0 Å². The Morgan fingerprint density at radius 1 is 1.60 bits per heavy atom. The smallest absolute Gasteiger partial charge is 0.243 e. The van der Waals surface area contributed by atoms with Gasteiger partial charge in [0.1, 0.15) is 10.0 Å². The van der Waals surface area contributed by atoms with Crippen LogP contribution in [0.4, 0.5) is 0 Å². The molecule has 0 spiro atoms. The molecular formula is C8H8Cl2N2O2S. The van der Waals surface area contributed by atoms with Crippen LogP contribution in [0.5, 0.6) is 0 Å². The molecule has 15 heavy (non-hydrogen) atoms. The molecule has 1 aromatic rings. The van der Waals surface area contributed by atoms with Crippen LogP contribution in [0.1, 0.15) is 0 Å². The van der Waals surface area contributed by atoms with Crippen molar-refractivity contribution in [3.8, 4) is 0 Å². The molecule has 0 unspecified atom stereocenters. The van der Waals surface area contributed by atoms with E-state index in [9.17, 15) is 8.42 Å². The number of rotatable bonds is 4. The Kier molecular flexibility index (Phi) is 4.10. The fraction of sp³-hybridized carbons (Fsp3) is 0.125. The van der Waals surface area contributed by atoms with E-state index in [2.05, 4.69) is 16.3 Å². The van der Waals surface area contributed by atoms with E-state index in [1.54, 1.807) is 0 Å². The average molecular weight is 267 g/mol. The van der Waals surface area contributed by atoms with Gasteiger partial charge in [0.25, 0.3) is 0 Å². The van der Waals surface area contributed by atoms with Crippen molar-refractivity contribution in [2.75, 3.05) is 6.54 Å². The maximum Gasteiger partial charge on any atom is 0.243 e. The lowest BCUT2D eigenvalue weighted by Gasteiger charge is -2.06. The fourth-order valence-corrected chi connectivity index (χ4v) is 2.44. The lowest BCUT2D eigenvalue weighted by atomic mass is 10.5. The van der Waals surface area contributed by atoms with Gasteiger partial charge < -0.3 is 0 Å². The molecule has 1 heterocycles. The first kappa shape index (κ1) is 12.4. The number of hydrogen-bond donors (Lipinski definition) is 1. The first-order valence-corrected chi connectivity index (χ1v) is 6.11. The molecule has 4 nitrogen and oxygen atoms in total. The van der Waals surface area contributed by atoms with Gasteiger partial charge in [-0.05, 0) is 12.1 Å². The van der Waals surface area contributed by atoms with E-state index in [1.165, 1.54) is 18.3 Å². The molecule has 1 N–H and O–H groups in total. The van der Waals surface area contributed by atoms with Gasteiger partial charge in [0.05, 0.1) is 0 Å². The van der Waals surface area contributed by atoms with Gasteiger partial charge in [-0.3, -0.25) is 0 Å². The second-order valence-corrected chi connectivity index (χ2v) is 5.26. The third kappa shape index (κ3) is 3.46. The maximum atomic E-state index is 11.6. The Labute approximate surface area is 98.0 Å². The monoisotopic (exact) mass is 266 g/mol. The van der Waals surface area contributed by atoms with Gasteiger partial charge in [0.15, 0.2) is 0 Å². The molecular weight excluding hydrogens is 259 g/mol. The number of aromatic nitrogens is 1. The lowest BCUT2D eigenvalue weighted by Crippen LogP contribution is -2.25. The summed E-state index contributed by atoms with van der Waals surface area (Å²) in [5, 5.41) is 0.115. The van der Waals surface area contributed by atoms with Crippen molar-refractivity contribution < 1.29 is 8.42 Å². The summed E-state index contributed by atoms with van der Waals surface area (Å²) in [7, 11) is -3.68. The summed E-state index contributed by atoms with van der Waals surface area (Å²) >= 11 is 11.1. The minimum absolute atomic E-state index is 0.0465. The molecule has 0 aliphatic heterocycles. The predicted molar refractivity (Wildman–Crippen MR) is 59.4 cm³/mol. The standard InChI is InChI=1S/C8H8Cl2N2O2S/c1-6(9)5-12-15(13,14)7-3-2-4-11-8(7)10/h2-4,12H,1,5H2. The van der Waals surface area contributed by atoms with E-state index in [-0.39, 0.29) is 21.6 Å². The second kappa shape index (κ2) is 4.94. The van der Waals surface area contributed by atoms with E-state index >= 15 is 0 Å². The summed E-state index contributed by atoms with van der Waals surface area (Å²) in [5.74, 6) is 0. The second-order valence-electron chi connectivity index (χ2n) is 2.63. The van der Waals surface area contributed by atoms with Crippen LogP contribution in [-0.4, -0.2) is 19.9 Å². The van der Waals surface area contributed by atoms with Crippen LogP contribution < -0.4 is 4.72 Å². The van der Waals surface area contributed by atoms with Crippen LogP contribution in [0.3, 0.4) is 0 Å². The number of nitrogens with zero attached hydrogens (tertiary/aromatic N) is 1. The van der Waals surface area contributed by atoms with Gasteiger partial charge in [-0.2, -0.15) is 0 Å². The van der Waals surface area contributed by atoms with Gasteiger partial charge in [-0.1, -0.05) is 29.8 Å². The summed E-state index contributed by atoms with van der Waals surface area (Å²) in [6.45, 7) is 3.32. The van der Waals surface area contributed by atoms with E-state index in [1.807, 2.05) is 0 Å². The molecule has 0 aliphatic rings. The van der Waals surface area contributed by atoms with Crippen LogP contribution in [0.15, 0.2) is 34.8 Å². The quantitative estimate of drug-likeness (QED) is 0.846. The van der Waals surface area contributed by atoms with Gasteiger partial charge in [-0.15, -0.1) is 0 Å². The zero-order chi connectivity index (χ0) is 11.5. The van der Waals surface area contributed by atoms with E-state index in [4.69, 9.17) is 23.2 Å². The minimum Gasteiger partial charge on any atom is -0.243 e. The van der Waals surface area contributed by atoms with Crippen molar-refractivity contribution in [1.82, 2.24) is 9.71 Å². The number of pyridine rings is 1. The molecule has 0 atom stereocenters. The number of nitrogens with one attached hydrogen (secondary N) is 1. The topological polar surface area (TPSA) is 59.1 Å². The van der Waals surface area contributed by atoms with Crippen molar-refractivity contribution in [2.24, 2.45) is 0 Å². The van der Waals surface area contributed by atoms with Gasteiger partial charge in [0, 0.05) is 17.8 Å². The third-order valence-corrected chi connectivity index (χ3v) is 3.45. The zero-order valence-electron chi connectivity index (χ0n) is 7.57. The van der Waals surface area contributed by atoms with Crippen LogP contribution in [0, 0.1) is 0 Å². The molecule has 0 saturated heterocycles. The molecule has 0 fully saturated rings. The van der Waals surface area contributed by atoms with Crippen LogP contribution in [-0.2, 0) is 10.0 Å². The van der Waals surface area contributed by atoms with Crippen molar-refractivity contribution >= 4 is 33.2 Å². The predicted octanol–water partition coefficient (Wildman–Crippen LogP) is 1.77. The SMILES string of the molecule is C=C(Cl)CNS(=O)(=O)c1cccnc1Cl. The Morgan fingerprint density at radius 2 is 2.27 bits per heavy atom. The minimum atomic E-state index is -3.68. The van der Waals surface area contributed by atoms with Crippen LogP contribution in [0.2, 0.25) is 5.15 Å². The lowest BCUT2D eigenvalue weighted by molar-refractivity contribution is 0.585. The van der Waals surface area contributed by atoms with Crippen molar-refractivity contribution in [3.05, 3.63) is 35.1 Å². The highest BCUT2D eigenvalue weighted by atomic mass is 35.5. The molecule has 1 rings (SSSR count). The first-order valence-electron chi connectivity index (χ1n) is 3.87. The highest BCUT2D eigenvalue weighted by molar-refractivity contribution is 7.89. The molecule has 0 saturated carbocycles. The fourth-order valence-electron chi connectivity index (χ4n) is 0.823. The normalized spacial score (nSPS) is 11.3. The van der Waals surface area contributed by atoms with E-state index < -0.39 is 10.0 Å². The molecule has 0 radical (unpaired) electrons. The summed E-state index contributed by atoms with van der Waals surface area (Å²) in [6, 6.07) is 2.84. The number of hydrogen-bond acceptors (Lipinski definition) is 3. The summed E-state index contributed by atoms with van der Waals surface area (Å²) in [5.41, 5.74) is 0. The van der Waals surface area contributed by atoms with Gasteiger partial charge in [-0.25, -0.2) is 18.1 Å². The number of sulfonamides is 1. The molecule has 0 bridgehead atoms. The zero-order valence-corrected chi connectivity index (χ0v) is 9.90. The molecule has 82 valence electrons. The van der Waals surface area contributed by atoms with E-state index in [0.717, 1.165) is 0 Å². The summed E-state index contributed by atoms with van der Waals surface area (Å²) in [6.07, 6.45) is 1.40. The van der Waals surface area contributed by atoms with Crippen molar-refractivity contribution in [3.63, 3.8) is 0 Å². The Bertz CT molecular complexity index is 473. The average Bonchev–Trinajstić information content (AvgIpc) is 2.15. The number of halogens is 2. The Morgan fingerprint density at radius 3 is 2.80 bits per heavy atom. The maximum absolute atomic E-state index is 11.6. The van der Waals surface area contributed by atoms with Crippen molar-refractivity contribution in [1.29, 1.82) is 0 Å². The molecule has 1 aromatic heterocycles. The third-order valence-electron chi connectivity index (χ3n) is 1.47. The van der Waals surface area contributed by atoms with Gasteiger partial charge in [0.2, 0.25) is 10.0 Å². The molecule has 0 aromatic carbocycles. The Balaban J connectivity index is 2.97. The van der Waals surface area contributed by atoms with Crippen molar-refractivity contribution in [2.45, 2.75) is 4.90 Å². The first-order chi connectivity index (χ1) is 6.93. The van der Waals surface area contributed by atoms with E-state index in [0.29, 0.717) is 0 Å². The summed E-state index contributed by atoms with van der Waals surface area (Å²) in [4.78, 5) is 3.58. The molecule has 0 amide bonds.